The fourth-order valence-corrected chi connectivity index (χ4v) is 1.49. The van der Waals surface area contributed by atoms with E-state index < -0.39 is 22.5 Å². The van der Waals surface area contributed by atoms with Crippen molar-refractivity contribution in [2.45, 2.75) is 19.3 Å². The van der Waals surface area contributed by atoms with Crippen LogP contribution in [0.25, 0.3) is 0 Å². The lowest BCUT2D eigenvalue weighted by Crippen LogP contribution is -2.08. The normalized spacial score (nSPS) is 12.9. The lowest BCUT2D eigenvalue weighted by atomic mass is 9.97. The van der Waals surface area contributed by atoms with E-state index >= 15 is 0 Å². The summed E-state index contributed by atoms with van der Waals surface area (Å²) < 4.78 is 39.5. The molecule has 1 nitrogen and oxygen atoms in total. The van der Waals surface area contributed by atoms with Crippen LogP contribution in [0.5, 0.6) is 0 Å². The summed E-state index contributed by atoms with van der Waals surface area (Å²) in [4.78, 5) is 0. The van der Waals surface area contributed by atoms with E-state index in [9.17, 15) is 13.2 Å². The summed E-state index contributed by atoms with van der Waals surface area (Å²) >= 11 is 5.22. The Morgan fingerprint density at radius 2 is 1.93 bits per heavy atom. The Hall–Kier alpha value is -0.740. The Balaban J connectivity index is 3.19. The van der Waals surface area contributed by atoms with Crippen molar-refractivity contribution in [2.75, 3.05) is 6.54 Å². The Labute approximate surface area is 91.0 Å². The Morgan fingerprint density at radius 3 is 2.47 bits per heavy atom. The van der Waals surface area contributed by atoms with Crippen LogP contribution in [-0.4, -0.2) is 6.54 Å². The van der Waals surface area contributed by atoms with Gasteiger partial charge in [-0.15, -0.1) is 0 Å². The van der Waals surface area contributed by atoms with Gasteiger partial charge in [0.15, 0.2) is 11.6 Å². The highest BCUT2D eigenvalue weighted by molar-refractivity contribution is 6.30. The molecule has 1 aromatic carbocycles. The summed E-state index contributed by atoms with van der Waals surface area (Å²) in [6.07, 6.45) is 0.456. The van der Waals surface area contributed by atoms with Crippen molar-refractivity contribution in [3.63, 3.8) is 0 Å². The maximum absolute atomic E-state index is 13.3. The molecule has 0 bridgehead atoms. The molecule has 1 aromatic rings. The Morgan fingerprint density at radius 1 is 1.33 bits per heavy atom. The molecule has 0 fully saturated rings. The second-order valence-corrected chi connectivity index (χ2v) is 3.75. The van der Waals surface area contributed by atoms with E-state index in [1.54, 1.807) is 6.92 Å². The number of nitrogens with two attached hydrogens (primary N) is 1. The zero-order chi connectivity index (χ0) is 11.6. The first-order valence-electron chi connectivity index (χ1n) is 4.52. The molecule has 1 rings (SSSR count). The summed E-state index contributed by atoms with van der Waals surface area (Å²) in [5, 5.41) is -0.809. The van der Waals surface area contributed by atoms with Crippen LogP contribution < -0.4 is 5.73 Å². The van der Waals surface area contributed by atoms with Crippen LogP contribution in [0.4, 0.5) is 13.2 Å². The van der Waals surface area contributed by atoms with Crippen LogP contribution in [0.15, 0.2) is 6.07 Å². The molecule has 0 saturated carbocycles. The van der Waals surface area contributed by atoms with Gasteiger partial charge in [-0.1, -0.05) is 18.5 Å². The number of hydrogen-bond acceptors (Lipinski definition) is 1. The summed E-state index contributed by atoms with van der Waals surface area (Å²) in [5.74, 6) is -3.72. The zero-order valence-corrected chi connectivity index (χ0v) is 8.91. The largest absolute Gasteiger partial charge is 0.330 e. The third-order valence-corrected chi connectivity index (χ3v) is 2.61. The third-order valence-electron chi connectivity index (χ3n) is 2.26. The molecule has 0 spiro atoms. The van der Waals surface area contributed by atoms with E-state index in [2.05, 4.69) is 0 Å². The number of halogens is 4. The summed E-state index contributed by atoms with van der Waals surface area (Å²) in [6.45, 7) is 1.98. The molecule has 2 N–H and O–H groups in total. The molecule has 0 aromatic heterocycles. The fraction of sp³-hybridized carbons (Fsp3) is 0.400. The topological polar surface area (TPSA) is 26.0 Å². The predicted molar refractivity (Wildman–Crippen MR) is 53.4 cm³/mol. The van der Waals surface area contributed by atoms with Crippen LogP contribution in [0.3, 0.4) is 0 Å². The highest BCUT2D eigenvalue weighted by atomic mass is 35.5. The maximum Gasteiger partial charge on any atom is 0.180 e. The molecule has 15 heavy (non-hydrogen) atoms. The van der Waals surface area contributed by atoms with Gasteiger partial charge < -0.3 is 5.73 Å². The number of rotatable bonds is 3. The molecule has 0 radical (unpaired) electrons. The van der Waals surface area contributed by atoms with Gasteiger partial charge in [-0.05, 0) is 30.5 Å². The van der Waals surface area contributed by atoms with Gasteiger partial charge in [0.2, 0.25) is 0 Å². The lowest BCUT2D eigenvalue weighted by Gasteiger charge is -2.12. The van der Waals surface area contributed by atoms with Crippen molar-refractivity contribution in [1.29, 1.82) is 0 Å². The van der Waals surface area contributed by atoms with E-state index in [1.807, 2.05) is 0 Å². The SMILES string of the molecule is CC(CCN)c1cc(F)c(Cl)c(F)c1F. The molecule has 5 heteroatoms. The minimum absolute atomic E-state index is 0.0279. The van der Waals surface area contributed by atoms with Crippen molar-refractivity contribution in [3.05, 3.63) is 34.1 Å². The molecule has 0 heterocycles. The first-order valence-corrected chi connectivity index (χ1v) is 4.89. The first kappa shape index (κ1) is 12.3. The minimum Gasteiger partial charge on any atom is -0.330 e. The first-order chi connectivity index (χ1) is 6.99. The minimum atomic E-state index is -1.34. The second-order valence-electron chi connectivity index (χ2n) is 3.37. The van der Waals surface area contributed by atoms with E-state index in [-0.39, 0.29) is 11.5 Å². The lowest BCUT2D eigenvalue weighted by molar-refractivity contribution is 0.474. The van der Waals surface area contributed by atoms with Crippen LogP contribution in [0, 0.1) is 17.5 Å². The van der Waals surface area contributed by atoms with Gasteiger partial charge in [0, 0.05) is 0 Å². The van der Waals surface area contributed by atoms with Crippen LogP contribution in [0.2, 0.25) is 5.02 Å². The average Bonchev–Trinajstić information content (AvgIpc) is 2.20. The molecule has 0 amide bonds. The van der Waals surface area contributed by atoms with E-state index in [4.69, 9.17) is 17.3 Å². The summed E-state index contributed by atoms with van der Waals surface area (Å²) in [6, 6.07) is 0.918. The average molecular weight is 238 g/mol. The van der Waals surface area contributed by atoms with Crippen LogP contribution >= 0.6 is 11.6 Å². The summed E-state index contributed by atoms with van der Waals surface area (Å²) in [7, 11) is 0. The van der Waals surface area contributed by atoms with Crippen LogP contribution in [0.1, 0.15) is 24.8 Å². The molecule has 1 unspecified atom stereocenters. The quantitative estimate of drug-likeness (QED) is 0.634. The highest BCUT2D eigenvalue weighted by Gasteiger charge is 2.20. The van der Waals surface area contributed by atoms with Gasteiger partial charge in [0.25, 0.3) is 0 Å². The van der Waals surface area contributed by atoms with Gasteiger partial charge in [-0.3, -0.25) is 0 Å². The Bertz CT molecular complexity index is 368. The zero-order valence-electron chi connectivity index (χ0n) is 8.16. The highest BCUT2D eigenvalue weighted by Crippen LogP contribution is 2.29. The fourth-order valence-electron chi connectivity index (χ4n) is 1.36. The van der Waals surface area contributed by atoms with Gasteiger partial charge in [0.1, 0.15) is 10.8 Å². The molecule has 0 aliphatic heterocycles. The van der Waals surface area contributed by atoms with Gasteiger partial charge in [-0.25, -0.2) is 13.2 Å². The Kier molecular flexibility index (Phi) is 3.99. The molecule has 0 saturated heterocycles. The van der Waals surface area contributed by atoms with Crippen molar-refractivity contribution in [1.82, 2.24) is 0 Å². The van der Waals surface area contributed by atoms with Crippen molar-refractivity contribution in [2.24, 2.45) is 5.73 Å². The van der Waals surface area contributed by atoms with Crippen molar-refractivity contribution < 1.29 is 13.2 Å². The standard InChI is InChI=1S/C10H11ClF3N/c1-5(2-3-15)6-4-7(12)8(11)10(14)9(6)13/h4-5H,2-3,15H2,1H3. The molecule has 0 aliphatic carbocycles. The summed E-state index contributed by atoms with van der Waals surface area (Å²) in [5.41, 5.74) is 5.26. The van der Waals surface area contributed by atoms with Gasteiger partial charge in [-0.2, -0.15) is 0 Å². The molecule has 1 atom stereocenters. The number of benzene rings is 1. The number of hydrogen-bond donors (Lipinski definition) is 1. The maximum atomic E-state index is 13.3. The molecule has 0 aliphatic rings. The monoisotopic (exact) mass is 237 g/mol. The van der Waals surface area contributed by atoms with E-state index in [1.165, 1.54) is 0 Å². The van der Waals surface area contributed by atoms with E-state index in [0.29, 0.717) is 13.0 Å². The smallest absolute Gasteiger partial charge is 0.180 e. The molecular formula is C10H11ClF3N. The predicted octanol–water partition coefficient (Wildman–Crippen LogP) is 3.21. The van der Waals surface area contributed by atoms with Gasteiger partial charge >= 0.3 is 0 Å². The van der Waals surface area contributed by atoms with Crippen molar-refractivity contribution in [3.8, 4) is 0 Å². The van der Waals surface area contributed by atoms with Gasteiger partial charge in [0.05, 0.1) is 0 Å². The third kappa shape index (κ3) is 2.44. The van der Waals surface area contributed by atoms with Crippen molar-refractivity contribution >= 4 is 11.6 Å². The van der Waals surface area contributed by atoms with Crippen LogP contribution in [-0.2, 0) is 0 Å². The molecular weight excluding hydrogens is 227 g/mol. The second kappa shape index (κ2) is 4.86. The van der Waals surface area contributed by atoms with E-state index in [0.717, 1.165) is 6.07 Å². The molecule has 84 valence electrons.